The molecule has 1 N–H and O–H groups in total. The molecule has 2 amide bonds. The molecule has 4 atom stereocenters. The number of benzene rings is 2. The molecular weight excluding hydrogens is 450 g/mol. The topological polar surface area (TPSA) is 61.9 Å². The van der Waals surface area contributed by atoms with Crippen LogP contribution in [-0.2, 0) is 11.3 Å². The molecule has 0 unspecified atom stereocenters. The highest BCUT2D eigenvalue weighted by Gasteiger charge is 2.49. The number of nitrogens with zero attached hydrogens (tertiary/aromatic N) is 2. The van der Waals surface area contributed by atoms with Gasteiger partial charge in [-0.2, -0.15) is 0 Å². The van der Waals surface area contributed by atoms with E-state index in [9.17, 15) is 9.59 Å². The van der Waals surface area contributed by atoms with Gasteiger partial charge in [-0.1, -0.05) is 36.4 Å². The first kappa shape index (κ1) is 24.8. The third-order valence-corrected chi connectivity index (χ3v) is 8.53. The minimum absolute atomic E-state index is 0.0541. The van der Waals surface area contributed by atoms with Gasteiger partial charge in [0.25, 0.3) is 5.91 Å². The predicted molar refractivity (Wildman–Crippen MR) is 141 cm³/mol. The van der Waals surface area contributed by atoms with Crippen LogP contribution in [0.15, 0.2) is 54.6 Å². The molecule has 3 aliphatic heterocycles. The Labute approximate surface area is 215 Å². The average molecular weight is 490 g/mol. The van der Waals surface area contributed by atoms with Gasteiger partial charge in [-0.05, 0) is 81.6 Å². The van der Waals surface area contributed by atoms with Crippen molar-refractivity contribution < 1.29 is 14.3 Å². The van der Waals surface area contributed by atoms with Crippen molar-refractivity contribution in [2.75, 3.05) is 26.7 Å². The van der Waals surface area contributed by atoms with E-state index >= 15 is 0 Å². The third kappa shape index (κ3) is 5.29. The number of carbonyl (C=O) groups is 2. The van der Waals surface area contributed by atoms with Crippen molar-refractivity contribution in [3.05, 3.63) is 65.7 Å². The van der Waals surface area contributed by atoms with Crippen molar-refractivity contribution in [2.45, 2.75) is 63.6 Å². The maximum atomic E-state index is 13.7. The molecule has 36 heavy (non-hydrogen) atoms. The largest absolute Gasteiger partial charge is 0.496 e. The van der Waals surface area contributed by atoms with Crippen LogP contribution in [0.4, 0.5) is 0 Å². The molecule has 6 nitrogen and oxygen atoms in total. The van der Waals surface area contributed by atoms with E-state index in [1.54, 1.807) is 7.11 Å². The molecule has 3 heterocycles. The number of piperidine rings is 3. The van der Waals surface area contributed by atoms with E-state index in [4.69, 9.17) is 4.74 Å². The Morgan fingerprint density at radius 2 is 1.75 bits per heavy atom. The molecule has 3 saturated heterocycles. The molecule has 2 aromatic rings. The predicted octanol–water partition coefficient (Wildman–Crippen LogP) is 4.50. The van der Waals surface area contributed by atoms with Crippen LogP contribution in [0.3, 0.4) is 0 Å². The maximum Gasteiger partial charge on any atom is 0.254 e. The quantitative estimate of drug-likeness (QED) is 0.593. The Hall–Kier alpha value is -2.86. The third-order valence-electron chi connectivity index (χ3n) is 8.53. The first-order valence-corrected chi connectivity index (χ1v) is 13.6. The van der Waals surface area contributed by atoms with Crippen LogP contribution in [-0.4, -0.2) is 60.4 Å². The van der Waals surface area contributed by atoms with Crippen molar-refractivity contribution in [3.63, 3.8) is 0 Å². The number of ether oxygens (including phenoxy) is 1. The van der Waals surface area contributed by atoms with Gasteiger partial charge >= 0.3 is 0 Å². The number of amides is 2. The number of methoxy groups -OCH3 is 1. The maximum absolute atomic E-state index is 13.7. The lowest BCUT2D eigenvalue weighted by atomic mass is 9.69. The lowest BCUT2D eigenvalue weighted by Gasteiger charge is -2.57. The van der Waals surface area contributed by atoms with Crippen LogP contribution in [0.1, 0.15) is 60.9 Å². The summed E-state index contributed by atoms with van der Waals surface area (Å²) in [6, 6.07) is 18.3. The summed E-state index contributed by atoms with van der Waals surface area (Å²) >= 11 is 0. The molecule has 5 rings (SSSR count). The normalized spacial score (nSPS) is 25.6. The first-order chi connectivity index (χ1) is 17.7. The Morgan fingerprint density at radius 1 is 1.00 bits per heavy atom. The Kier molecular flexibility index (Phi) is 7.90. The lowest BCUT2D eigenvalue weighted by molar-refractivity contribution is -0.121. The summed E-state index contributed by atoms with van der Waals surface area (Å²) in [5, 5.41) is 3.05. The zero-order valence-electron chi connectivity index (χ0n) is 21.4. The molecule has 2 aromatic carbocycles. The highest BCUT2D eigenvalue weighted by Crippen LogP contribution is 2.43. The summed E-state index contributed by atoms with van der Waals surface area (Å²) in [5.41, 5.74) is 1.75. The highest BCUT2D eigenvalue weighted by molar-refractivity contribution is 5.94. The van der Waals surface area contributed by atoms with Crippen molar-refractivity contribution in [1.29, 1.82) is 0 Å². The smallest absolute Gasteiger partial charge is 0.254 e. The minimum Gasteiger partial charge on any atom is -0.496 e. The van der Waals surface area contributed by atoms with Gasteiger partial charge in [-0.25, -0.2) is 0 Å². The summed E-state index contributed by atoms with van der Waals surface area (Å²) < 4.78 is 5.40. The second-order valence-electron chi connectivity index (χ2n) is 10.6. The van der Waals surface area contributed by atoms with E-state index in [1.807, 2.05) is 54.6 Å². The Morgan fingerprint density at radius 3 is 2.56 bits per heavy atom. The molecule has 0 aliphatic carbocycles. The second-order valence-corrected chi connectivity index (χ2v) is 10.6. The van der Waals surface area contributed by atoms with Crippen LogP contribution in [0.25, 0.3) is 0 Å². The molecule has 3 fully saturated rings. The lowest BCUT2D eigenvalue weighted by Crippen LogP contribution is -2.65. The van der Waals surface area contributed by atoms with Gasteiger partial charge in [0.1, 0.15) is 5.75 Å². The van der Waals surface area contributed by atoms with Crippen molar-refractivity contribution in [3.8, 4) is 5.75 Å². The number of para-hydroxylation sites is 1. The fraction of sp³-hybridized carbons (Fsp3) is 0.533. The summed E-state index contributed by atoms with van der Waals surface area (Å²) in [6.07, 6.45) is 6.98. The van der Waals surface area contributed by atoms with Crippen LogP contribution >= 0.6 is 0 Å². The Balaban J connectivity index is 1.25. The zero-order chi connectivity index (χ0) is 24.9. The van der Waals surface area contributed by atoms with Gasteiger partial charge in [0.2, 0.25) is 5.91 Å². The molecule has 0 bridgehead atoms. The zero-order valence-corrected chi connectivity index (χ0v) is 21.4. The van der Waals surface area contributed by atoms with Gasteiger partial charge in [0.15, 0.2) is 0 Å². The van der Waals surface area contributed by atoms with Gasteiger partial charge in [-0.15, -0.1) is 0 Å². The van der Waals surface area contributed by atoms with E-state index < -0.39 is 0 Å². The van der Waals surface area contributed by atoms with Gasteiger partial charge < -0.3 is 15.0 Å². The van der Waals surface area contributed by atoms with E-state index in [0.717, 1.165) is 36.3 Å². The van der Waals surface area contributed by atoms with Gasteiger partial charge in [-0.3, -0.25) is 14.5 Å². The van der Waals surface area contributed by atoms with Gasteiger partial charge in [0.05, 0.1) is 7.11 Å². The number of rotatable bonds is 8. The highest BCUT2D eigenvalue weighted by atomic mass is 16.5. The molecule has 0 radical (unpaired) electrons. The van der Waals surface area contributed by atoms with Crippen molar-refractivity contribution in [2.24, 2.45) is 11.8 Å². The summed E-state index contributed by atoms with van der Waals surface area (Å²) in [6.45, 7) is 3.70. The molecule has 0 aromatic heterocycles. The monoisotopic (exact) mass is 489 g/mol. The van der Waals surface area contributed by atoms with Crippen molar-refractivity contribution >= 4 is 11.8 Å². The molecule has 0 spiro atoms. The van der Waals surface area contributed by atoms with E-state index in [2.05, 4.69) is 15.1 Å². The summed E-state index contributed by atoms with van der Waals surface area (Å²) in [5.74, 6) is 2.07. The number of likely N-dealkylation sites (tertiary alicyclic amines) is 1. The standard InChI is InChI=1S/C30H39N3O3/c1-36-27-16-6-5-12-23(27)20-31-28(34)17-7-15-26-25-14-9-19-32-18-8-13-24(29(25)32)21-33(26)30(35)22-10-3-2-4-11-22/h2-6,10-12,16,24-26,29H,7-9,13-15,17-21H2,1H3,(H,31,34)/t24-,25+,26+,29-/m0/s1. The van der Waals surface area contributed by atoms with E-state index in [-0.39, 0.29) is 17.9 Å². The number of hydrogen-bond acceptors (Lipinski definition) is 4. The van der Waals surface area contributed by atoms with E-state index in [0.29, 0.717) is 30.8 Å². The van der Waals surface area contributed by atoms with E-state index in [1.165, 1.54) is 38.8 Å². The molecular formula is C30H39N3O3. The van der Waals surface area contributed by atoms with Crippen LogP contribution in [0.2, 0.25) is 0 Å². The Bertz CT molecular complexity index is 1040. The van der Waals surface area contributed by atoms with Crippen LogP contribution < -0.4 is 10.1 Å². The minimum atomic E-state index is 0.0541. The molecule has 6 heteroatoms. The fourth-order valence-electron chi connectivity index (χ4n) is 6.95. The average Bonchev–Trinajstić information content (AvgIpc) is 2.93. The van der Waals surface area contributed by atoms with Crippen molar-refractivity contribution in [1.82, 2.24) is 15.1 Å². The second kappa shape index (κ2) is 11.5. The molecule has 192 valence electrons. The fourth-order valence-corrected chi connectivity index (χ4v) is 6.95. The molecule has 3 aliphatic rings. The van der Waals surface area contributed by atoms with Crippen LogP contribution in [0, 0.1) is 11.8 Å². The summed E-state index contributed by atoms with van der Waals surface area (Å²) in [7, 11) is 1.65. The van der Waals surface area contributed by atoms with Gasteiger partial charge in [0, 0.05) is 42.7 Å². The first-order valence-electron chi connectivity index (χ1n) is 13.6. The molecule has 0 saturated carbocycles. The number of carbonyl (C=O) groups excluding carboxylic acids is 2. The number of nitrogens with one attached hydrogen (secondary N) is 1. The summed E-state index contributed by atoms with van der Waals surface area (Å²) in [4.78, 5) is 31.3. The van der Waals surface area contributed by atoms with Crippen LogP contribution in [0.5, 0.6) is 5.75 Å². The SMILES string of the molecule is COc1ccccc1CNC(=O)CCC[C@@H]1[C@H]2CCCN3CCC[C@@H](CN1C(=O)c1ccccc1)[C@@H]23. The number of hydrogen-bond donors (Lipinski definition) is 1.